The van der Waals surface area contributed by atoms with Crippen LogP contribution in [0.3, 0.4) is 0 Å². The molecule has 8 heteroatoms. The number of rotatable bonds is 8. The lowest BCUT2D eigenvalue weighted by Crippen LogP contribution is -2.43. The van der Waals surface area contributed by atoms with Gasteiger partial charge in [0.05, 0.1) is 5.75 Å². The van der Waals surface area contributed by atoms with E-state index in [1.54, 1.807) is 0 Å². The molecule has 2 aliphatic heterocycles. The van der Waals surface area contributed by atoms with Gasteiger partial charge in [0.2, 0.25) is 15.9 Å². The zero-order valence-electron chi connectivity index (χ0n) is 17.7. The van der Waals surface area contributed by atoms with Gasteiger partial charge in [0.25, 0.3) is 0 Å². The summed E-state index contributed by atoms with van der Waals surface area (Å²) in [5.74, 6) is 0.00586. The third-order valence-electron chi connectivity index (χ3n) is 6.13. The van der Waals surface area contributed by atoms with Crippen LogP contribution in [0.4, 0.5) is 0 Å². The Morgan fingerprint density at radius 1 is 1.00 bits per heavy atom. The second-order valence-electron chi connectivity index (χ2n) is 8.46. The zero-order chi connectivity index (χ0) is 21.4. The van der Waals surface area contributed by atoms with Crippen molar-refractivity contribution in [1.82, 2.24) is 14.5 Å². The van der Waals surface area contributed by atoms with E-state index in [1.807, 2.05) is 24.3 Å². The van der Waals surface area contributed by atoms with Gasteiger partial charge in [-0.05, 0) is 69.4 Å². The molecule has 1 aromatic carbocycles. The maximum atomic E-state index is 12.7. The summed E-state index contributed by atoms with van der Waals surface area (Å²) in [4.78, 5) is 15.0. The fourth-order valence-corrected chi connectivity index (χ4v) is 6.12. The highest BCUT2D eigenvalue weighted by Crippen LogP contribution is 2.22. The van der Waals surface area contributed by atoms with Crippen molar-refractivity contribution < 1.29 is 13.2 Å². The number of nitrogens with one attached hydrogen (secondary N) is 1. The van der Waals surface area contributed by atoms with E-state index in [2.05, 4.69) is 26.1 Å². The SMILES string of the molecule is O=C(NCCCN1CCCCCC1)C1CCN(S(=O)(=O)Cc2ccc(Br)cc2)CC1. The first-order chi connectivity index (χ1) is 14.4. The molecule has 2 fully saturated rings. The van der Waals surface area contributed by atoms with Crippen molar-refractivity contribution in [3.05, 3.63) is 34.3 Å². The Morgan fingerprint density at radius 3 is 2.27 bits per heavy atom. The zero-order valence-corrected chi connectivity index (χ0v) is 20.1. The molecular weight excluding hydrogens is 466 g/mol. The average molecular weight is 501 g/mol. The number of nitrogens with zero attached hydrogens (tertiary/aromatic N) is 2. The third kappa shape index (κ3) is 7.32. The molecule has 0 bridgehead atoms. The first-order valence-corrected chi connectivity index (χ1v) is 13.6. The summed E-state index contributed by atoms with van der Waals surface area (Å²) in [7, 11) is -3.35. The second-order valence-corrected chi connectivity index (χ2v) is 11.3. The van der Waals surface area contributed by atoms with Crippen LogP contribution in [0.2, 0.25) is 0 Å². The molecule has 1 amide bonds. The van der Waals surface area contributed by atoms with Crippen molar-refractivity contribution in [3.63, 3.8) is 0 Å². The summed E-state index contributed by atoms with van der Waals surface area (Å²) < 4.78 is 27.9. The molecule has 30 heavy (non-hydrogen) atoms. The number of likely N-dealkylation sites (tertiary alicyclic amines) is 1. The van der Waals surface area contributed by atoms with Crippen LogP contribution in [0.5, 0.6) is 0 Å². The molecule has 0 unspecified atom stereocenters. The minimum atomic E-state index is -3.35. The van der Waals surface area contributed by atoms with Gasteiger partial charge in [0.15, 0.2) is 0 Å². The Morgan fingerprint density at radius 2 is 1.63 bits per heavy atom. The van der Waals surface area contributed by atoms with Gasteiger partial charge in [-0.2, -0.15) is 0 Å². The predicted molar refractivity (Wildman–Crippen MR) is 124 cm³/mol. The van der Waals surface area contributed by atoms with E-state index in [0.29, 0.717) is 32.5 Å². The Balaban J connectivity index is 1.36. The molecule has 2 heterocycles. The topological polar surface area (TPSA) is 69.7 Å². The molecule has 6 nitrogen and oxygen atoms in total. The van der Waals surface area contributed by atoms with Crippen LogP contribution in [0.1, 0.15) is 50.5 Å². The maximum Gasteiger partial charge on any atom is 0.223 e. The van der Waals surface area contributed by atoms with Crippen LogP contribution >= 0.6 is 15.9 Å². The monoisotopic (exact) mass is 499 g/mol. The first-order valence-electron chi connectivity index (χ1n) is 11.2. The summed E-state index contributed by atoms with van der Waals surface area (Å²) in [6.45, 7) is 4.96. The van der Waals surface area contributed by atoms with Crippen molar-refractivity contribution in [2.75, 3.05) is 39.3 Å². The van der Waals surface area contributed by atoms with Gasteiger partial charge in [-0.1, -0.05) is 40.9 Å². The Labute approximate surface area is 189 Å². The Bertz CT molecular complexity index is 769. The summed E-state index contributed by atoms with van der Waals surface area (Å²) in [6.07, 6.45) is 7.42. The second kappa shape index (κ2) is 11.6. The van der Waals surface area contributed by atoms with E-state index < -0.39 is 10.0 Å². The summed E-state index contributed by atoms with van der Waals surface area (Å²) in [5, 5.41) is 3.07. The van der Waals surface area contributed by atoms with Gasteiger partial charge >= 0.3 is 0 Å². The van der Waals surface area contributed by atoms with Crippen molar-refractivity contribution in [1.29, 1.82) is 0 Å². The third-order valence-corrected chi connectivity index (χ3v) is 8.51. The quantitative estimate of drug-likeness (QED) is 0.556. The number of carbonyl (C=O) groups is 1. The van der Waals surface area contributed by atoms with Crippen LogP contribution in [0.25, 0.3) is 0 Å². The van der Waals surface area contributed by atoms with E-state index in [4.69, 9.17) is 0 Å². The minimum Gasteiger partial charge on any atom is -0.356 e. The van der Waals surface area contributed by atoms with Crippen molar-refractivity contribution in [3.8, 4) is 0 Å². The van der Waals surface area contributed by atoms with E-state index in [1.165, 1.54) is 43.1 Å². The molecule has 0 saturated carbocycles. The van der Waals surface area contributed by atoms with Crippen LogP contribution in [0.15, 0.2) is 28.7 Å². The first kappa shape index (κ1) is 23.7. The van der Waals surface area contributed by atoms with Gasteiger partial charge in [0.1, 0.15) is 0 Å². The highest BCUT2D eigenvalue weighted by Gasteiger charge is 2.31. The molecular formula is C22H34BrN3O3S. The smallest absolute Gasteiger partial charge is 0.223 e. The maximum absolute atomic E-state index is 12.7. The van der Waals surface area contributed by atoms with E-state index >= 15 is 0 Å². The lowest BCUT2D eigenvalue weighted by molar-refractivity contribution is -0.126. The fraction of sp³-hybridized carbons (Fsp3) is 0.682. The molecule has 1 aromatic rings. The molecule has 3 rings (SSSR count). The van der Waals surface area contributed by atoms with Crippen LogP contribution in [-0.2, 0) is 20.6 Å². The Kier molecular flexibility index (Phi) is 9.16. The van der Waals surface area contributed by atoms with Gasteiger partial charge < -0.3 is 10.2 Å². The van der Waals surface area contributed by atoms with Gasteiger partial charge in [-0.3, -0.25) is 4.79 Å². The molecule has 2 saturated heterocycles. The number of amides is 1. The molecule has 0 spiro atoms. The lowest BCUT2D eigenvalue weighted by Gasteiger charge is -2.30. The van der Waals surface area contributed by atoms with Crippen LogP contribution in [-0.4, -0.2) is 62.8 Å². The van der Waals surface area contributed by atoms with Gasteiger partial charge in [-0.25, -0.2) is 12.7 Å². The summed E-state index contributed by atoms with van der Waals surface area (Å²) >= 11 is 3.37. The van der Waals surface area contributed by atoms with E-state index in [9.17, 15) is 13.2 Å². The molecule has 0 radical (unpaired) electrons. The summed E-state index contributed by atoms with van der Waals surface area (Å²) in [6, 6.07) is 7.36. The highest BCUT2D eigenvalue weighted by atomic mass is 79.9. The van der Waals surface area contributed by atoms with Crippen molar-refractivity contribution in [2.45, 2.75) is 50.7 Å². The average Bonchev–Trinajstić information content (AvgIpc) is 3.01. The van der Waals surface area contributed by atoms with Crippen molar-refractivity contribution in [2.24, 2.45) is 5.92 Å². The number of hydrogen-bond donors (Lipinski definition) is 1. The highest BCUT2D eigenvalue weighted by molar-refractivity contribution is 9.10. The predicted octanol–water partition coefficient (Wildman–Crippen LogP) is 3.37. The number of halogens is 1. The fourth-order valence-electron chi connectivity index (χ4n) is 4.30. The lowest BCUT2D eigenvalue weighted by atomic mass is 9.97. The minimum absolute atomic E-state index is 0.00758. The number of benzene rings is 1. The van der Waals surface area contributed by atoms with E-state index in [-0.39, 0.29) is 17.6 Å². The summed E-state index contributed by atoms with van der Waals surface area (Å²) in [5.41, 5.74) is 0.780. The van der Waals surface area contributed by atoms with Crippen LogP contribution < -0.4 is 5.32 Å². The molecule has 0 aliphatic carbocycles. The number of carbonyl (C=O) groups excluding carboxylic acids is 1. The normalized spacial score (nSPS) is 20.0. The number of piperidine rings is 1. The van der Waals surface area contributed by atoms with Gasteiger partial charge in [0, 0.05) is 30.0 Å². The molecule has 2 aliphatic rings. The molecule has 1 N–H and O–H groups in total. The van der Waals surface area contributed by atoms with Crippen molar-refractivity contribution >= 4 is 31.9 Å². The molecule has 0 atom stereocenters. The van der Waals surface area contributed by atoms with Gasteiger partial charge in [-0.15, -0.1) is 0 Å². The number of hydrogen-bond acceptors (Lipinski definition) is 4. The van der Waals surface area contributed by atoms with E-state index in [0.717, 1.165) is 23.0 Å². The standard InChI is InChI=1S/C22H34BrN3O3S/c23-21-8-6-19(7-9-21)18-30(28,29)26-16-10-20(11-17-26)22(27)24-12-5-15-25-13-3-1-2-4-14-25/h6-9,20H,1-5,10-18H2,(H,24,27). The van der Waals surface area contributed by atoms with Crippen LogP contribution in [0, 0.1) is 5.92 Å². The largest absolute Gasteiger partial charge is 0.356 e. The molecule has 168 valence electrons. The number of sulfonamides is 1. The Hall–Kier alpha value is -0.960. The molecule has 0 aromatic heterocycles.